The van der Waals surface area contributed by atoms with Gasteiger partial charge < -0.3 is 4.55 Å². The van der Waals surface area contributed by atoms with Gasteiger partial charge in [0.15, 0.2) is 9.84 Å². The summed E-state index contributed by atoms with van der Waals surface area (Å²) < 4.78 is 57.1. The van der Waals surface area contributed by atoms with Gasteiger partial charge in [0.25, 0.3) is 0 Å². The van der Waals surface area contributed by atoms with Crippen LogP contribution in [0.3, 0.4) is 0 Å². The van der Waals surface area contributed by atoms with Crippen molar-refractivity contribution < 1.29 is 77.0 Å². The van der Waals surface area contributed by atoms with Crippen LogP contribution in [0.1, 0.15) is 0 Å². The van der Waals surface area contributed by atoms with Gasteiger partial charge in [-0.05, 0) is 12.1 Å². The van der Waals surface area contributed by atoms with Crippen LogP contribution in [0, 0.1) is 0 Å². The van der Waals surface area contributed by atoms with Crippen LogP contribution in [0.5, 0.6) is 0 Å². The predicted octanol–water partition coefficient (Wildman–Crippen LogP) is -3.06. The SMILES string of the molecule is O=S(=O)([O-])OCCS(=O)(=O)c1ccccc1.[K+]. The molecule has 0 saturated carbocycles. The molecule has 0 aromatic heterocycles. The van der Waals surface area contributed by atoms with Crippen molar-refractivity contribution in [3.63, 3.8) is 0 Å². The van der Waals surface area contributed by atoms with E-state index >= 15 is 0 Å². The molecular weight excluding hydrogens is 295 g/mol. The van der Waals surface area contributed by atoms with E-state index in [2.05, 4.69) is 4.18 Å². The van der Waals surface area contributed by atoms with Crippen LogP contribution < -0.4 is 51.4 Å². The zero-order valence-electron chi connectivity index (χ0n) is 9.07. The van der Waals surface area contributed by atoms with Crippen LogP contribution in [-0.2, 0) is 24.4 Å². The molecule has 0 aliphatic carbocycles. The van der Waals surface area contributed by atoms with Crippen molar-refractivity contribution >= 4 is 20.2 Å². The smallest absolute Gasteiger partial charge is 0.726 e. The third kappa shape index (κ3) is 6.99. The first-order chi connectivity index (χ1) is 7.31. The van der Waals surface area contributed by atoms with E-state index in [4.69, 9.17) is 0 Å². The number of hydrogen-bond donors (Lipinski definition) is 0. The van der Waals surface area contributed by atoms with E-state index in [0.29, 0.717) is 0 Å². The Bertz CT molecular complexity index is 537. The monoisotopic (exact) mass is 304 g/mol. The molecule has 1 aromatic carbocycles. The van der Waals surface area contributed by atoms with Crippen LogP contribution >= 0.6 is 0 Å². The second-order valence-electron chi connectivity index (χ2n) is 2.86. The quantitative estimate of drug-likeness (QED) is 0.325. The van der Waals surface area contributed by atoms with Crippen molar-refractivity contribution in [1.29, 1.82) is 0 Å². The van der Waals surface area contributed by atoms with E-state index in [9.17, 15) is 21.4 Å². The molecule has 0 saturated heterocycles. The van der Waals surface area contributed by atoms with Crippen LogP contribution in [0.4, 0.5) is 0 Å². The van der Waals surface area contributed by atoms with Gasteiger partial charge in [-0.2, -0.15) is 0 Å². The number of hydrogen-bond acceptors (Lipinski definition) is 6. The Balaban J connectivity index is 0.00000256. The molecule has 90 valence electrons. The molecule has 0 heterocycles. The second kappa shape index (κ2) is 7.31. The van der Waals surface area contributed by atoms with Gasteiger partial charge in [-0.25, -0.2) is 16.8 Å². The van der Waals surface area contributed by atoms with E-state index in [0.717, 1.165) is 0 Å². The zero-order chi connectivity index (χ0) is 12.2. The van der Waals surface area contributed by atoms with Crippen LogP contribution in [-0.4, -0.2) is 33.7 Å². The minimum absolute atomic E-state index is 0. The van der Waals surface area contributed by atoms with Gasteiger partial charge >= 0.3 is 51.4 Å². The summed E-state index contributed by atoms with van der Waals surface area (Å²) >= 11 is 0. The first-order valence-electron chi connectivity index (χ1n) is 4.19. The van der Waals surface area contributed by atoms with Crippen molar-refractivity contribution in [2.45, 2.75) is 4.90 Å². The first-order valence-corrected chi connectivity index (χ1v) is 7.18. The fraction of sp³-hybridized carbons (Fsp3) is 0.250. The second-order valence-corrected chi connectivity index (χ2v) is 6.02. The zero-order valence-corrected chi connectivity index (χ0v) is 13.8. The van der Waals surface area contributed by atoms with Gasteiger partial charge in [0.05, 0.1) is 17.3 Å². The van der Waals surface area contributed by atoms with E-state index in [1.165, 1.54) is 24.3 Å². The summed E-state index contributed by atoms with van der Waals surface area (Å²) in [5, 5.41) is 0. The fourth-order valence-electron chi connectivity index (χ4n) is 0.991. The van der Waals surface area contributed by atoms with Crippen LogP contribution in [0.15, 0.2) is 35.2 Å². The van der Waals surface area contributed by atoms with Gasteiger partial charge in [-0.3, -0.25) is 4.18 Å². The Morgan fingerprint density at radius 2 is 1.59 bits per heavy atom. The topological polar surface area (TPSA) is 101 Å². The van der Waals surface area contributed by atoms with Crippen LogP contribution in [0.25, 0.3) is 0 Å². The molecule has 0 fully saturated rings. The Morgan fingerprint density at radius 1 is 1.06 bits per heavy atom. The Hall–Kier alpha value is 0.676. The minimum atomic E-state index is -4.84. The third-order valence-corrected chi connectivity index (χ3v) is 3.83. The van der Waals surface area contributed by atoms with E-state index < -0.39 is 32.6 Å². The van der Waals surface area contributed by atoms with Crippen LogP contribution in [0.2, 0.25) is 0 Å². The summed E-state index contributed by atoms with van der Waals surface area (Å²) in [5.41, 5.74) is 0. The molecule has 0 unspecified atom stereocenters. The standard InChI is InChI=1S/C8H10O6S2.K/c9-15(10,7-6-14-16(11,12)13)8-4-2-1-3-5-8;/h1-5H,6-7H2,(H,11,12,13);/q;+1/p-1. The molecule has 17 heavy (non-hydrogen) atoms. The van der Waals surface area contributed by atoms with Gasteiger partial charge in [0.1, 0.15) is 0 Å². The number of benzene rings is 1. The largest absolute Gasteiger partial charge is 1.00 e. The fourth-order valence-corrected chi connectivity index (χ4v) is 2.49. The first kappa shape index (κ1) is 17.7. The van der Waals surface area contributed by atoms with Crippen molar-refractivity contribution in [1.82, 2.24) is 0 Å². The molecule has 0 bridgehead atoms. The van der Waals surface area contributed by atoms with Gasteiger partial charge in [0, 0.05) is 0 Å². The Labute approximate surface area is 143 Å². The number of rotatable bonds is 5. The van der Waals surface area contributed by atoms with Gasteiger partial charge in [-0.15, -0.1) is 0 Å². The maximum Gasteiger partial charge on any atom is 1.00 e. The molecule has 0 N–H and O–H groups in total. The van der Waals surface area contributed by atoms with E-state index in [1.807, 2.05) is 0 Å². The summed E-state index contributed by atoms with van der Waals surface area (Å²) in [6, 6.07) is 7.48. The maximum atomic E-state index is 11.5. The molecular formula is C8H9KO6S2. The Morgan fingerprint density at radius 3 is 2.06 bits per heavy atom. The normalized spacial score (nSPS) is 11.8. The average Bonchev–Trinajstić information content (AvgIpc) is 2.17. The summed E-state index contributed by atoms with van der Waals surface area (Å²) in [7, 11) is -8.45. The third-order valence-electron chi connectivity index (χ3n) is 1.68. The predicted molar refractivity (Wildman–Crippen MR) is 54.1 cm³/mol. The summed E-state index contributed by atoms with van der Waals surface area (Å²) in [6.45, 7) is -0.678. The Kier molecular flexibility index (Phi) is 7.60. The molecule has 1 aromatic rings. The average molecular weight is 304 g/mol. The molecule has 0 radical (unpaired) electrons. The van der Waals surface area contributed by atoms with Crippen molar-refractivity contribution in [2.75, 3.05) is 12.4 Å². The van der Waals surface area contributed by atoms with Gasteiger partial charge in [-0.1, -0.05) is 18.2 Å². The maximum absolute atomic E-state index is 11.5. The van der Waals surface area contributed by atoms with E-state index in [1.54, 1.807) is 6.07 Å². The van der Waals surface area contributed by atoms with Gasteiger partial charge in [0.2, 0.25) is 10.4 Å². The summed E-state index contributed by atoms with van der Waals surface area (Å²) in [4.78, 5) is 0.0573. The molecule has 6 nitrogen and oxygen atoms in total. The summed E-state index contributed by atoms with van der Waals surface area (Å²) in [6.07, 6.45) is 0. The van der Waals surface area contributed by atoms with E-state index in [-0.39, 0.29) is 56.3 Å². The molecule has 0 spiro atoms. The summed E-state index contributed by atoms with van der Waals surface area (Å²) in [5.74, 6) is -0.557. The number of sulfone groups is 1. The molecule has 1 rings (SSSR count). The molecule has 0 aliphatic heterocycles. The van der Waals surface area contributed by atoms with Crippen molar-refractivity contribution in [2.24, 2.45) is 0 Å². The van der Waals surface area contributed by atoms with Crippen molar-refractivity contribution in [3.8, 4) is 0 Å². The molecule has 0 atom stereocenters. The van der Waals surface area contributed by atoms with Crippen molar-refractivity contribution in [3.05, 3.63) is 30.3 Å². The molecule has 0 aliphatic rings. The molecule has 9 heteroatoms. The minimum Gasteiger partial charge on any atom is -0.726 e. The molecule has 0 amide bonds.